The van der Waals surface area contributed by atoms with Crippen LogP contribution in [-0.4, -0.2) is 24.2 Å². The van der Waals surface area contributed by atoms with Crippen molar-refractivity contribution in [2.75, 3.05) is 6.26 Å². The van der Waals surface area contributed by atoms with Crippen molar-refractivity contribution in [3.8, 4) is 5.69 Å². The van der Waals surface area contributed by atoms with Crippen molar-refractivity contribution in [2.24, 2.45) is 0 Å². The Hall–Kier alpha value is -2.61. The van der Waals surface area contributed by atoms with Gasteiger partial charge in [0.2, 0.25) is 0 Å². The standard InChI is InChI=1S/C11H9F3N2O2S.C8H10.C2H6/c1-19(17,18)9-4-2-8(3-5-9)16-6-10(15-7-16)11(12,13)14;1-7-3-5-8(2)6-4-7;1-2/h2-7H,1H3;3-6H,1-2H3;1-2H3. The molecule has 0 fully saturated rings. The maximum absolute atomic E-state index is 12.4. The second-order valence-electron chi connectivity index (χ2n) is 6.08. The lowest BCUT2D eigenvalue weighted by molar-refractivity contribution is -0.140. The van der Waals surface area contributed by atoms with Gasteiger partial charge in [-0.3, -0.25) is 0 Å². The number of aryl methyl sites for hydroxylation is 2. The molecule has 3 rings (SSSR count). The molecule has 0 atom stereocenters. The van der Waals surface area contributed by atoms with Gasteiger partial charge < -0.3 is 4.57 Å². The van der Waals surface area contributed by atoms with Gasteiger partial charge in [0.25, 0.3) is 0 Å². The zero-order valence-electron chi connectivity index (χ0n) is 17.0. The van der Waals surface area contributed by atoms with E-state index in [-0.39, 0.29) is 4.90 Å². The van der Waals surface area contributed by atoms with Crippen LogP contribution >= 0.6 is 0 Å². The minimum Gasteiger partial charge on any atom is -0.306 e. The van der Waals surface area contributed by atoms with Crippen LogP contribution in [0.15, 0.2) is 66.0 Å². The smallest absolute Gasteiger partial charge is 0.306 e. The molecular weight excluding hydrogens is 401 g/mol. The summed E-state index contributed by atoms with van der Waals surface area (Å²) in [6.45, 7) is 8.19. The van der Waals surface area contributed by atoms with Crippen molar-refractivity contribution >= 4 is 9.84 Å². The van der Waals surface area contributed by atoms with E-state index < -0.39 is 21.7 Å². The van der Waals surface area contributed by atoms with Gasteiger partial charge >= 0.3 is 6.18 Å². The topological polar surface area (TPSA) is 52.0 Å². The fourth-order valence-electron chi connectivity index (χ4n) is 2.11. The lowest BCUT2D eigenvalue weighted by atomic mass is 10.2. The highest BCUT2D eigenvalue weighted by molar-refractivity contribution is 7.90. The second kappa shape index (κ2) is 10.2. The molecule has 0 amide bonds. The molecule has 0 unspecified atom stereocenters. The number of hydrogen-bond donors (Lipinski definition) is 0. The van der Waals surface area contributed by atoms with E-state index in [1.165, 1.54) is 40.0 Å². The molecule has 0 aliphatic heterocycles. The van der Waals surface area contributed by atoms with Crippen LogP contribution < -0.4 is 0 Å². The third-order valence-electron chi connectivity index (χ3n) is 3.65. The number of rotatable bonds is 2. The normalized spacial score (nSPS) is 11.0. The first-order valence-electron chi connectivity index (χ1n) is 8.92. The lowest BCUT2D eigenvalue weighted by Crippen LogP contribution is -2.04. The summed E-state index contributed by atoms with van der Waals surface area (Å²) < 4.78 is 60.8. The van der Waals surface area contributed by atoms with Gasteiger partial charge in [-0.2, -0.15) is 13.2 Å². The molecule has 4 nitrogen and oxygen atoms in total. The van der Waals surface area contributed by atoms with Crippen LogP contribution in [0.3, 0.4) is 0 Å². The summed E-state index contributed by atoms with van der Waals surface area (Å²) in [6, 6.07) is 14.0. The van der Waals surface area contributed by atoms with Gasteiger partial charge in [-0.05, 0) is 38.1 Å². The zero-order chi connectivity index (χ0) is 22.2. The van der Waals surface area contributed by atoms with Gasteiger partial charge in [-0.1, -0.05) is 49.2 Å². The molecule has 0 radical (unpaired) electrons. The minimum atomic E-state index is -4.50. The van der Waals surface area contributed by atoms with E-state index in [1.807, 2.05) is 13.8 Å². The summed E-state index contributed by atoms with van der Waals surface area (Å²) in [5.41, 5.74) is 2.06. The number of imidazole rings is 1. The van der Waals surface area contributed by atoms with Gasteiger partial charge in [0.05, 0.1) is 11.2 Å². The van der Waals surface area contributed by atoms with Crippen LogP contribution in [0.4, 0.5) is 13.2 Å². The van der Waals surface area contributed by atoms with Gasteiger partial charge in [0.15, 0.2) is 15.5 Å². The highest BCUT2D eigenvalue weighted by Crippen LogP contribution is 2.28. The SMILES string of the molecule is CC.CS(=O)(=O)c1ccc(-n2cnc(C(F)(F)F)c2)cc1.Cc1ccc(C)cc1. The highest BCUT2D eigenvalue weighted by Gasteiger charge is 2.33. The molecule has 0 saturated heterocycles. The molecular formula is C21H25F3N2O2S. The molecule has 0 aliphatic rings. The molecule has 0 N–H and O–H groups in total. The maximum atomic E-state index is 12.4. The fraction of sp³-hybridized carbons (Fsp3) is 0.286. The van der Waals surface area contributed by atoms with E-state index in [9.17, 15) is 21.6 Å². The molecule has 2 aromatic carbocycles. The minimum absolute atomic E-state index is 0.104. The Morgan fingerprint density at radius 1 is 0.862 bits per heavy atom. The molecule has 0 bridgehead atoms. The summed E-state index contributed by atoms with van der Waals surface area (Å²) >= 11 is 0. The van der Waals surface area contributed by atoms with Crippen molar-refractivity contribution in [2.45, 2.75) is 38.8 Å². The van der Waals surface area contributed by atoms with E-state index in [0.717, 1.165) is 18.8 Å². The number of hydrogen-bond acceptors (Lipinski definition) is 3. The van der Waals surface area contributed by atoms with Crippen molar-refractivity contribution in [1.82, 2.24) is 9.55 Å². The molecule has 1 heterocycles. The Balaban J connectivity index is 0.000000351. The molecule has 0 aliphatic carbocycles. The van der Waals surface area contributed by atoms with Crippen LogP contribution in [-0.2, 0) is 16.0 Å². The van der Waals surface area contributed by atoms with Gasteiger partial charge in [-0.25, -0.2) is 13.4 Å². The third-order valence-corrected chi connectivity index (χ3v) is 4.78. The number of benzene rings is 2. The molecule has 29 heavy (non-hydrogen) atoms. The molecule has 1 aromatic heterocycles. The molecule has 0 saturated carbocycles. The van der Waals surface area contributed by atoms with Gasteiger partial charge in [0, 0.05) is 18.1 Å². The van der Waals surface area contributed by atoms with Crippen molar-refractivity contribution in [3.63, 3.8) is 0 Å². The Morgan fingerprint density at radius 3 is 1.66 bits per heavy atom. The van der Waals surface area contributed by atoms with Crippen molar-refractivity contribution in [1.29, 1.82) is 0 Å². The molecule has 3 aromatic rings. The summed E-state index contributed by atoms with van der Waals surface area (Å²) in [7, 11) is -3.32. The Morgan fingerprint density at radius 2 is 1.31 bits per heavy atom. The first kappa shape index (κ1) is 24.4. The van der Waals surface area contributed by atoms with Gasteiger partial charge in [-0.15, -0.1) is 0 Å². The number of aromatic nitrogens is 2. The Kier molecular flexibility index (Phi) is 8.63. The van der Waals surface area contributed by atoms with Crippen LogP contribution in [0.5, 0.6) is 0 Å². The Bertz CT molecular complexity index is 971. The van der Waals surface area contributed by atoms with Crippen LogP contribution in [0.2, 0.25) is 0 Å². The largest absolute Gasteiger partial charge is 0.434 e. The van der Waals surface area contributed by atoms with E-state index in [1.54, 1.807) is 0 Å². The Labute approximate surface area is 170 Å². The number of sulfone groups is 1. The fourth-order valence-corrected chi connectivity index (χ4v) is 2.74. The number of nitrogens with zero attached hydrogens (tertiary/aromatic N) is 2. The quantitative estimate of drug-likeness (QED) is 0.534. The average molecular weight is 427 g/mol. The van der Waals surface area contributed by atoms with Gasteiger partial charge in [0.1, 0.15) is 0 Å². The van der Waals surface area contributed by atoms with E-state index in [4.69, 9.17) is 0 Å². The summed E-state index contributed by atoms with van der Waals surface area (Å²) in [5, 5.41) is 0. The second-order valence-corrected chi connectivity index (χ2v) is 8.10. The number of alkyl halides is 3. The number of halogens is 3. The predicted octanol–water partition coefficient (Wildman–Crippen LogP) is 5.62. The van der Waals surface area contributed by atoms with E-state index >= 15 is 0 Å². The average Bonchev–Trinajstić information content (AvgIpc) is 3.16. The zero-order valence-corrected chi connectivity index (χ0v) is 17.8. The summed E-state index contributed by atoms with van der Waals surface area (Å²) in [5.74, 6) is 0. The van der Waals surface area contributed by atoms with Crippen LogP contribution in [0.25, 0.3) is 5.69 Å². The van der Waals surface area contributed by atoms with E-state index in [0.29, 0.717) is 5.69 Å². The predicted molar refractivity (Wildman–Crippen MR) is 109 cm³/mol. The van der Waals surface area contributed by atoms with Crippen molar-refractivity contribution < 1.29 is 21.6 Å². The van der Waals surface area contributed by atoms with Crippen LogP contribution in [0, 0.1) is 13.8 Å². The highest BCUT2D eigenvalue weighted by atomic mass is 32.2. The summed E-state index contributed by atoms with van der Waals surface area (Å²) in [4.78, 5) is 3.36. The molecule has 158 valence electrons. The first-order valence-corrected chi connectivity index (χ1v) is 10.8. The maximum Gasteiger partial charge on any atom is 0.434 e. The third kappa shape index (κ3) is 7.73. The summed E-state index contributed by atoms with van der Waals surface area (Å²) in [6.07, 6.45) is -1.58. The first-order chi connectivity index (χ1) is 13.5. The van der Waals surface area contributed by atoms with Crippen LogP contribution in [0.1, 0.15) is 30.7 Å². The molecule has 8 heteroatoms. The monoisotopic (exact) mass is 426 g/mol. The van der Waals surface area contributed by atoms with E-state index in [2.05, 4.69) is 43.1 Å². The molecule has 0 spiro atoms. The van der Waals surface area contributed by atoms with Crippen molar-refractivity contribution in [3.05, 3.63) is 77.9 Å². The lowest BCUT2D eigenvalue weighted by Gasteiger charge is -2.04.